The van der Waals surface area contributed by atoms with E-state index in [1.54, 1.807) is 11.3 Å². The van der Waals surface area contributed by atoms with Crippen molar-refractivity contribution < 1.29 is 0 Å². The van der Waals surface area contributed by atoms with Crippen molar-refractivity contribution in [2.75, 3.05) is 36.8 Å². The van der Waals surface area contributed by atoms with Gasteiger partial charge in [-0.25, -0.2) is 9.97 Å². The second kappa shape index (κ2) is 8.16. The summed E-state index contributed by atoms with van der Waals surface area (Å²) in [5.41, 5.74) is 1.64. The van der Waals surface area contributed by atoms with Crippen LogP contribution < -0.4 is 10.6 Å². The normalized spacial score (nSPS) is 15.3. The van der Waals surface area contributed by atoms with E-state index in [2.05, 4.69) is 30.5 Å². The van der Waals surface area contributed by atoms with Crippen LogP contribution in [-0.2, 0) is 0 Å². The van der Waals surface area contributed by atoms with Gasteiger partial charge >= 0.3 is 0 Å². The summed E-state index contributed by atoms with van der Waals surface area (Å²) >= 11 is 7.52. The summed E-state index contributed by atoms with van der Waals surface area (Å²) in [6.45, 7) is 4.37. The molecule has 0 bridgehead atoms. The van der Waals surface area contributed by atoms with Gasteiger partial charge in [-0.2, -0.15) is 4.98 Å². The van der Waals surface area contributed by atoms with Gasteiger partial charge in [0, 0.05) is 23.8 Å². The number of benzene rings is 1. The summed E-state index contributed by atoms with van der Waals surface area (Å²) in [5, 5.41) is 8.35. The van der Waals surface area contributed by atoms with Crippen molar-refractivity contribution in [2.45, 2.75) is 19.3 Å². The first-order valence-electron chi connectivity index (χ1n) is 8.88. The van der Waals surface area contributed by atoms with E-state index < -0.39 is 0 Å². The van der Waals surface area contributed by atoms with Crippen LogP contribution in [0.3, 0.4) is 0 Å². The lowest BCUT2D eigenvalue weighted by Crippen LogP contribution is -2.33. The number of nitrogens with one attached hydrogen (secondary N) is 2. The van der Waals surface area contributed by atoms with Crippen LogP contribution in [0.2, 0.25) is 5.02 Å². The number of piperidine rings is 1. The molecule has 0 atom stereocenters. The van der Waals surface area contributed by atoms with Gasteiger partial charge < -0.3 is 15.5 Å². The standard InChI is InChI=1S/C18H21ClN6S/c19-13-4-6-14(7-5-13)23-16-15-17(22-12-21-16)24-18(26-15)20-8-11-25-9-2-1-3-10-25/h4-7,12H,1-3,8-11H2,(H2,20,21,22,23,24). The first kappa shape index (κ1) is 17.5. The van der Waals surface area contributed by atoms with E-state index in [1.807, 2.05) is 24.3 Å². The molecule has 3 aromatic rings. The molecule has 1 saturated heterocycles. The zero-order valence-electron chi connectivity index (χ0n) is 14.4. The molecule has 2 aromatic heterocycles. The molecular formula is C18H21ClN6S. The van der Waals surface area contributed by atoms with Crippen LogP contribution in [0.1, 0.15) is 19.3 Å². The van der Waals surface area contributed by atoms with Crippen LogP contribution >= 0.6 is 22.9 Å². The molecule has 136 valence electrons. The summed E-state index contributed by atoms with van der Waals surface area (Å²) in [6.07, 6.45) is 5.54. The summed E-state index contributed by atoms with van der Waals surface area (Å²) in [7, 11) is 0. The van der Waals surface area contributed by atoms with Crippen molar-refractivity contribution in [1.29, 1.82) is 0 Å². The Balaban J connectivity index is 1.43. The van der Waals surface area contributed by atoms with Crippen LogP contribution in [0.25, 0.3) is 10.3 Å². The molecule has 26 heavy (non-hydrogen) atoms. The van der Waals surface area contributed by atoms with Gasteiger partial charge in [-0.3, -0.25) is 0 Å². The Labute approximate surface area is 161 Å². The smallest absolute Gasteiger partial charge is 0.185 e. The lowest BCUT2D eigenvalue weighted by Gasteiger charge is -2.26. The van der Waals surface area contributed by atoms with E-state index in [9.17, 15) is 0 Å². The summed E-state index contributed by atoms with van der Waals surface area (Å²) < 4.78 is 0.947. The van der Waals surface area contributed by atoms with E-state index >= 15 is 0 Å². The number of halogens is 1. The van der Waals surface area contributed by atoms with Crippen LogP contribution in [0.15, 0.2) is 30.6 Å². The predicted molar refractivity (Wildman–Crippen MR) is 109 cm³/mol. The third-order valence-corrected chi connectivity index (χ3v) is 5.71. The highest BCUT2D eigenvalue weighted by Gasteiger charge is 2.12. The Morgan fingerprint density at radius 3 is 2.69 bits per heavy atom. The molecule has 1 aliphatic heterocycles. The van der Waals surface area contributed by atoms with E-state index in [1.165, 1.54) is 38.7 Å². The van der Waals surface area contributed by atoms with E-state index in [-0.39, 0.29) is 0 Å². The summed E-state index contributed by atoms with van der Waals surface area (Å²) in [6, 6.07) is 7.55. The molecule has 6 nitrogen and oxygen atoms in total. The molecule has 4 rings (SSSR count). The average molecular weight is 389 g/mol. The minimum absolute atomic E-state index is 0.710. The van der Waals surface area contributed by atoms with Crippen molar-refractivity contribution in [2.24, 2.45) is 0 Å². The van der Waals surface area contributed by atoms with E-state index in [4.69, 9.17) is 11.6 Å². The number of aromatic nitrogens is 3. The van der Waals surface area contributed by atoms with Gasteiger partial charge in [-0.05, 0) is 50.2 Å². The maximum absolute atomic E-state index is 5.94. The van der Waals surface area contributed by atoms with Crippen molar-refractivity contribution in [3.8, 4) is 0 Å². The number of thiazole rings is 1. The largest absolute Gasteiger partial charge is 0.360 e. The fraction of sp³-hybridized carbons (Fsp3) is 0.389. The summed E-state index contributed by atoms with van der Waals surface area (Å²) in [4.78, 5) is 15.8. The maximum Gasteiger partial charge on any atom is 0.185 e. The Hall–Kier alpha value is -1.96. The number of nitrogens with zero attached hydrogens (tertiary/aromatic N) is 4. The number of likely N-dealkylation sites (tertiary alicyclic amines) is 1. The highest BCUT2D eigenvalue weighted by Crippen LogP contribution is 2.31. The molecule has 0 saturated carbocycles. The highest BCUT2D eigenvalue weighted by molar-refractivity contribution is 7.22. The van der Waals surface area contributed by atoms with Gasteiger partial charge in [-0.15, -0.1) is 0 Å². The van der Waals surface area contributed by atoms with Gasteiger partial charge in [-0.1, -0.05) is 29.4 Å². The topological polar surface area (TPSA) is 66.0 Å². The molecule has 0 radical (unpaired) electrons. The minimum Gasteiger partial charge on any atom is -0.360 e. The molecule has 0 aliphatic carbocycles. The second-order valence-electron chi connectivity index (χ2n) is 6.35. The third-order valence-electron chi connectivity index (χ3n) is 4.45. The molecule has 1 aliphatic rings. The van der Waals surface area contributed by atoms with Crippen molar-refractivity contribution >= 4 is 49.9 Å². The van der Waals surface area contributed by atoms with Gasteiger partial charge in [0.25, 0.3) is 0 Å². The SMILES string of the molecule is Clc1ccc(Nc2ncnc3nc(NCCN4CCCCC4)sc23)cc1. The zero-order chi connectivity index (χ0) is 17.8. The number of fused-ring (bicyclic) bond motifs is 1. The van der Waals surface area contributed by atoms with Gasteiger partial charge in [0.15, 0.2) is 16.6 Å². The van der Waals surface area contributed by atoms with Gasteiger partial charge in [0.05, 0.1) is 0 Å². The second-order valence-corrected chi connectivity index (χ2v) is 7.79. The molecule has 8 heteroatoms. The molecule has 0 amide bonds. The van der Waals surface area contributed by atoms with E-state index in [0.717, 1.165) is 34.4 Å². The Bertz CT molecular complexity index is 860. The fourth-order valence-corrected chi connectivity index (χ4v) is 4.11. The van der Waals surface area contributed by atoms with Crippen molar-refractivity contribution in [1.82, 2.24) is 19.9 Å². The number of rotatable bonds is 6. The summed E-state index contributed by atoms with van der Waals surface area (Å²) in [5.74, 6) is 0.763. The van der Waals surface area contributed by atoms with Gasteiger partial charge in [0.1, 0.15) is 11.0 Å². The van der Waals surface area contributed by atoms with Crippen LogP contribution in [0.4, 0.5) is 16.6 Å². The maximum atomic E-state index is 5.94. The Morgan fingerprint density at radius 2 is 1.88 bits per heavy atom. The Kier molecular flexibility index (Phi) is 5.48. The average Bonchev–Trinajstić information content (AvgIpc) is 3.08. The zero-order valence-corrected chi connectivity index (χ0v) is 16.0. The predicted octanol–water partition coefficient (Wildman–Crippen LogP) is 4.38. The molecular weight excluding hydrogens is 368 g/mol. The quantitative estimate of drug-likeness (QED) is 0.653. The fourth-order valence-electron chi connectivity index (χ4n) is 3.09. The number of hydrogen-bond donors (Lipinski definition) is 2. The molecule has 3 heterocycles. The van der Waals surface area contributed by atoms with Crippen molar-refractivity contribution in [3.05, 3.63) is 35.6 Å². The Morgan fingerprint density at radius 1 is 1.08 bits per heavy atom. The van der Waals surface area contributed by atoms with E-state index in [0.29, 0.717) is 10.7 Å². The molecule has 0 unspecified atom stereocenters. The molecule has 1 fully saturated rings. The number of anilines is 3. The minimum atomic E-state index is 0.710. The van der Waals surface area contributed by atoms with Crippen LogP contribution in [-0.4, -0.2) is 46.0 Å². The first-order chi connectivity index (χ1) is 12.8. The van der Waals surface area contributed by atoms with Crippen LogP contribution in [0, 0.1) is 0 Å². The highest BCUT2D eigenvalue weighted by atomic mass is 35.5. The monoisotopic (exact) mass is 388 g/mol. The molecule has 1 aromatic carbocycles. The molecule has 0 spiro atoms. The lowest BCUT2D eigenvalue weighted by atomic mass is 10.1. The third kappa shape index (κ3) is 4.23. The molecule has 2 N–H and O–H groups in total. The van der Waals surface area contributed by atoms with Gasteiger partial charge in [0.2, 0.25) is 0 Å². The number of hydrogen-bond acceptors (Lipinski definition) is 7. The first-order valence-corrected chi connectivity index (χ1v) is 10.1. The van der Waals surface area contributed by atoms with Crippen LogP contribution in [0.5, 0.6) is 0 Å². The lowest BCUT2D eigenvalue weighted by molar-refractivity contribution is 0.237. The van der Waals surface area contributed by atoms with Crippen molar-refractivity contribution in [3.63, 3.8) is 0 Å².